The van der Waals surface area contributed by atoms with Crippen LogP contribution in [0.1, 0.15) is 5.56 Å². The number of rotatable bonds is 5. The van der Waals surface area contributed by atoms with Crippen molar-refractivity contribution in [3.8, 4) is 5.75 Å². The molecular formula is C13H11NO5S. The predicted molar refractivity (Wildman–Crippen MR) is 72.8 cm³/mol. The fourth-order valence-electron chi connectivity index (χ4n) is 1.62. The highest BCUT2D eigenvalue weighted by molar-refractivity contribution is 7.86. The number of hydrogen-bond acceptors (Lipinski definition) is 5. The van der Waals surface area contributed by atoms with Crippen molar-refractivity contribution in [2.45, 2.75) is 5.75 Å². The monoisotopic (exact) mass is 293 g/mol. The van der Waals surface area contributed by atoms with E-state index in [2.05, 4.69) is 0 Å². The van der Waals surface area contributed by atoms with E-state index in [0.717, 1.165) is 0 Å². The molecule has 0 fully saturated rings. The van der Waals surface area contributed by atoms with Crippen molar-refractivity contribution in [3.05, 3.63) is 70.3 Å². The minimum absolute atomic E-state index is 0.155. The lowest BCUT2D eigenvalue weighted by Gasteiger charge is -2.06. The highest BCUT2D eigenvalue weighted by atomic mass is 32.2. The molecule has 0 saturated carbocycles. The van der Waals surface area contributed by atoms with E-state index in [1.807, 2.05) is 0 Å². The summed E-state index contributed by atoms with van der Waals surface area (Å²) in [5, 5.41) is 10.6. The number of hydrogen-bond donors (Lipinski definition) is 0. The third kappa shape index (κ3) is 3.79. The Morgan fingerprint density at radius 1 is 1.05 bits per heavy atom. The zero-order chi connectivity index (χ0) is 14.6. The molecule has 0 aliphatic rings. The van der Waals surface area contributed by atoms with Gasteiger partial charge in [0.15, 0.2) is 0 Å². The lowest BCUT2D eigenvalue weighted by Crippen LogP contribution is -2.12. The second-order valence-electron chi connectivity index (χ2n) is 4.03. The quantitative estimate of drug-likeness (QED) is 0.480. The standard InChI is InChI=1S/C13H11NO5S/c15-14(16)12-6-4-5-11(9-12)10-20(17,18)19-13-7-2-1-3-8-13/h1-9H,10H2. The molecule has 0 unspecified atom stereocenters. The fourth-order valence-corrected chi connectivity index (χ4v) is 2.67. The van der Waals surface area contributed by atoms with Crippen molar-refractivity contribution in [2.24, 2.45) is 0 Å². The Kier molecular flexibility index (Phi) is 3.99. The molecular weight excluding hydrogens is 282 g/mol. The molecule has 0 amide bonds. The van der Waals surface area contributed by atoms with Crippen molar-refractivity contribution in [1.29, 1.82) is 0 Å². The second-order valence-corrected chi connectivity index (χ2v) is 5.60. The molecule has 0 N–H and O–H groups in total. The molecule has 7 heteroatoms. The van der Waals surface area contributed by atoms with Gasteiger partial charge < -0.3 is 4.18 Å². The highest BCUT2D eigenvalue weighted by Crippen LogP contribution is 2.18. The molecule has 0 aromatic heterocycles. The van der Waals surface area contributed by atoms with Crippen molar-refractivity contribution >= 4 is 15.8 Å². The first-order valence-electron chi connectivity index (χ1n) is 5.67. The van der Waals surface area contributed by atoms with Gasteiger partial charge >= 0.3 is 10.1 Å². The molecule has 0 heterocycles. The van der Waals surface area contributed by atoms with E-state index < -0.39 is 20.8 Å². The molecule has 0 saturated heterocycles. The Morgan fingerprint density at radius 2 is 1.75 bits per heavy atom. The van der Waals surface area contributed by atoms with Gasteiger partial charge in [-0.25, -0.2) is 0 Å². The van der Waals surface area contributed by atoms with Crippen molar-refractivity contribution in [3.63, 3.8) is 0 Å². The summed E-state index contributed by atoms with van der Waals surface area (Å²) in [5.74, 6) is -0.221. The lowest BCUT2D eigenvalue weighted by atomic mass is 10.2. The maximum atomic E-state index is 11.9. The summed E-state index contributed by atoms with van der Waals surface area (Å²) in [6.45, 7) is 0. The Balaban J connectivity index is 2.16. The summed E-state index contributed by atoms with van der Waals surface area (Å²) in [5.41, 5.74) is 0.146. The van der Waals surface area contributed by atoms with Gasteiger partial charge in [-0.05, 0) is 17.7 Å². The lowest BCUT2D eigenvalue weighted by molar-refractivity contribution is -0.384. The number of para-hydroxylation sites is 1. The number of nitrogens with zero attached hydrogens (tertiary/aromatic N) is 1. The molecule has 0 spiro atoms. The van der Waals surface area contributed by atoms with Gasteiger partial charge in [-0.3, -0.25) is 10.1 Å². The van der Waals surface area contributed by atoms with Crippen molar-refractivity contribution in [2.75, 3.05) is 0 Å². The van der Waals surface area contributed by atoms with Crippen LogP contribution in [-0.2, 0) is 15.9 Å². The van der Waals surface area contributed by atoms with Crippen LogP contribution < -0.4 is 4.18 Å². The minimum atomic E-state index is -3.85. The smallest absolute Gasteiger partial charge is 0.313 e. The van der Waals surface area contributed by atoms with E-state index in [-0.39, 0.29) is 11.4 Å². The zero-order valence-corrected chi connectivity index (χ0v) is 11.1. The average molecular weight is 293 g/mol. The second kappa shape index (κ2) is 5.70. The van der Waals surface area contributed by atoms with E-state index in [1.54, 1.807) is 18.2 Å². The van der Waals surface area contributed by atoms with Crippen LogP contribution in [0.25, 0.3) is 0 Å². The molecule has 0 atom stereocenters. The molecule has 0 bridgehead atoms. The molecule has 6 nitrogen and oxygen atoms in total. The Bertz CT molecular complexity index is 713. The highest BCUT2D eigenvalue weighted by Gasteiger charge is 2.16. The van der Waals surface area contributed by atoms with Crippen LogP contribution in [0.4, 0.5) is 5.69 Å². The van der Waals surface area contributed by atoms with Crippen molar-refractivity contribution < 1.29 is 17.5 Å². The summed E-state index contributed by atoms with van der Waals surface area (Å²) >= 11 is 0. The molecule has 0 radical (unpaired) electrons. The molecule has 0 aliphatic carbocycles. The summed E-state index contributed by atoms with van der Waals surface area (Å²) in [4.78, 5) is 10.1. The van der Waals surface area contributed by atoms with E-state index in [4.69, 9.17) is 4.18 Å². The first-order chi connectivity index (χ1) is 9.46. The summed E-state index contributed by atoms with van der Waals surface area (Å²) in [7, 11) is -3.85. The van der Waals surface area contributed by atoms with Gasteiger partial charge in [-0.1, -0.05) is 30.3 Å². The normalized spacial score (nSPS) is 11.0. The first kappa shape index (κ1) is 14.0. The maximum Gasteiger partial charge on any atom is 0.313 e. The maximum absolute atomic E-state index is 11.9. The van der Waals surface area contributed by atoms with Gasteiger partial charge in [-0.2, -0.15) is 8.42 Å². The molecule has 0 aliphatic heterocycles. The Labute approximate surface area is 115 Å². The van der Waals surface area contributed by atoms with Gasteiger partial charge in [0.25, 0.3) is 5.69 Å². The topological polar surface area (TPSA) is 86.5 Å². The van der Waals surface area contributed by atoms with Crippen LogP contribution in [0.15, 0.2) is 54.6 Å². The van der Waals surface area contributed by atoms with E-state index in [9.17, 15) is 18.5 Å². The fraction of sp³-hybridized carbons (Fsp3) is 0.0769. The summed E-state index contributed by atoms with van der Waals surface area (Å²) in [6.07, 6.45) is 0. The molecule has 20 heavy (non-hydrogen) atoms. The Hall–Kier alpha value is -2.41. The average Bonchev–Trinajstić information content (AvgIpc) is 2.39. The number of nitro benzene ring substituents is 1. The van der Waals surface area contributed by atoms with E-state index in [0.29, 0.717) is 5.56 Å². The van der Waals surface area contributed by atoms with Crippen LogP contribution in [0.5, 0.6) is 5.75 Å². The molecule has 2 rings (SSSR count). The summed E-state index contributed by atoms with van der Waals surface area (Å²) < 4.78 is 28.6. The van der Waals surface area contributed by atoms with Crippen LogP contribution in [0.3, 0.4) is 0 Å². The minimum Gasteiger partial charge on any atom is -0.382 e. The Morgan fingerprint density at radius 3 is 2.40 bits per heavy atom. The van der Waals surface area contributed by atoms with Crippen LogP contribution in [0, 0.1) is 10.1 Å². The van der Waals surface area contributed by atoms with Gasteiger partial charge in [0.1, 0.15) is 11.5 Å². The van der Waals surface area contributed by atoms with E-state index >= 15 is 0 Å². The number of non-ortho nitro benzene ring substituents is 1. The molecule has 2 aromatic carbocycles. The van der Waals surface area contributed by atoms with Crippen LogP contribution in [-0.4, -0.2) is 13.3 Å². The third-order valence-electron chi connectivity index (χ3n) is 2.43. The molecule has 104 valence electrons. The zero-order valence-electron chi connectivity index (χ0n) is 10.3. The SMILES string of the molecule is O=[N+]([O-])c1cccc(CS(=O)(=O)Oc2ccccc2)c1. The van der Waals surface area contributed by atoms with Gasteiger partial charge in [-0.15, -0.1) is 0 Å². The van der Waals surface area contributed by atoms with Gasteiger partial charge in [0.05, 0.1) is 4.92 Å². The van der Waals surface area contributed by atoms with Crippen molar-refractivity contribution in [1.82, 2.24) is 0 Å². The number of nitro groups is 1. The molecule has 2 aromatic rings. The van der Waals surface area contributed by atoms with Crippen LogP contribution >= 0.6 is 0 Å². The third-order valence-corrected chi connectivity index (χ3v) is 3.56. The number of benzene rings is 2. The van der Waals surface area contributed by atoms with Crippen LogP contribution in [0.2, 0.25) is 0 Å². The van der Waals surface area contributed by atoms with Gasteiger partial charge in [0, 0.05) is 12.1 Å². The first-order valence-corrected chi connectivity index (χ1v) is 7.24. The predicted octanol–water partition coefficient (Wildman–Crippen LogP) is 2.50. The summed E-state index contributed by atoms with van der Waals surface area (Å²) in [6, 6.07) is 13.5. The largest absolute Gasteiger partial charge is 0.382 e. The van der Waals surface area contributed by atoms with E-state index in [1.165, 1.54) is 36.4 Å². The van der Waals surface area contributed by atoms with Gasteiger partial charge in [0.2, 0.25) is 0 Å².